The first-order valence-electron chi connectivity index (χ1n) is 18.6. The second kappa shape index (κ2) is 21.7. The van der Waals surface area contributed by atoms with Crippen molar-refractivity contribution >= 4 is 11.6 Å². The van der Waals surface area contributed by atoms with Crippen LogP contribution < -0.4 is 20.4 Å². The summed E-state index contributed by atoms with van der Waals surface area (Å²) in [5, 5.41) is 6.87. The zero-order chi connectivity index (χ0) is 33.8. The lowest BCUT2D eigenvalue weighted by molar-refractivity contribution is 0.133. The van der Waals surface area contributed by atoms with Crippen LogP contribution in [-0.2, 0) is 0 Å². The number of aryl methyl sites for hydroxylation is 1. The number of benzene rings is 1. The van der Waals surface area contributed by atoms with Gasteiger partial charge in [-0.15, -0.1) is 0 Å². The van der Waals surface area contributed by atoms with Gasteiger partial charge in [0.15, 0.2) is 0 Å². The number of piperidine rings is 1. The Labute approximate surface area is 290 Å². The molecule has 1 aromatic carbocycles. The summed E-state index contributed by atoms with van der Waals surface area (Å²) in [6, 6.07) is 16.0. The van der Waals surface area contributed by atoms with Crippen LogP contribution in [0.2, 0.25) is 0 Å². The van der Waals surface area contributed by atoms with Crippen LogP contribution in [0.3, 0.4) is 0 Å². The Morgan fingerprint density at radius 2 is 1.21 bits per heavy atom. The van der Waals surface area contributed by atoms with Crippen molar-refractivity contribution in [1.29, 1.82) is 0 Å². The molecular weight excluding hydrogens is 596 g/mol. The van der Waals surface area contributed by atoms with Crippen molar-refractivity contribution in [2.75, 3.05) is 88.8 Å². The number of hydrogen-bond donors (Lipinski definition) is 2. The summed E-state index contributed by atoms with van der Waals surface area (Å²) in [6.45, 7) is 18.9. The fourth-order valence-corrected chi connectivity index (χ4v) is 7.13. The van der Waals surface area contributed by atoms with Gasteiger partial charge in [0.2, 0.25) is 5.95 Å². The molecule has 0 spiro atoms. The highest BCUT2D eigenvalue weighted by Gasteiger charge is 2.28. The number of hydrogen-bond acceptors (Lipinski definition) is 10. The van der Waals surface area contributed by atoms with Crippen molar-refractivity contribution in [3.8, 4) is 0 Å². The molecule has 264 valence electrons. The molecule has 7 rings (SSSR count). The first-order valence-corrected chi connectivity index (χ1v) is 18.6. The van der Waals surface area contributed by atoms with E-state index in [-0.39, 0.29) is 0 Å². The van der Waals surface area contributed by atoms with Crippen LogP contribution in [0.4, 0.5) is 11.6 Å². The van der Waals surface area contributed by atoms with Crippen LogP contribution >= 0.6 is 0 Å². The van der Waals surface area contributed by atoms with E-state index in [0.717, 1.165) is 56.0 Å². The van der Waals surface area contributed by atoms with E-state index in [2.05, 4.69) is 87.5 Å². The normalized spacial score (nSPS) is 22.1. The molecular formula is C38H62N10. The molecule has 5 heterocycles. The second-order valence-electron chi connectivity index (χ2n) is 13.0. The Balaban J connectivity index is 0.000000174. The number of nitrogens with zero attached hydrogens (tertiary/aromatic N) is 8. The van der Waals surface area contributed by atoms with Crippen LogP contribution in [0.1, 0.15) is 58.2 Å². The Morgan fingerprint density at radius 3 is 1.75 bits per heavy atom. The van der Waals surface area contributed by atoms with Gasteiger partial charge in [-0.3, -0.25) is 4.90 Å². The van der Waals surface area contributed by atoms with E-state index in [9.17, 15) is 0 Å². The molecule has 0 unspecified atom stereocenters. The smallest absolute Gasteiger partial charge is 0.225 e. The Bertz CT molecular complexity index is 1190. The molecule has 2 N–H and O–H groups in total. The van der Waals surface area contributed by atoms with E-state index >= 15 is 0 Å². The van der Waals surface area contributed by atoms with E-state index < -0.39 is 0 Å². The van der Waals surface area contributed by atoms with Crippen LogP contribution in [0, 0.1) is 12.8 Å². The molecule has 0 radical (unpaired) electrons. The van der Waals surface area contributed by atoms with Crippen molar-refractivity contribution in [2.45, 2.75) is 71.4 Å². The van der Waals surface area contributed by atoms with Crippen LogP contribution in [-0.4, -0.2) is 121 Å². The largest absolute Gasteiger partial charge is 0.372 e. The lowest BCUT2D eigenvalue weighted by Crippen LogP contribution is -2.50. The van der Waals surface area contributed by atoms with Crippen molar-refractivity contribution < 1.29 is 0 Å². The number of piperazine rings is 2. The minimum Gasteiger partial charge on any atom is -0.372 e. The predicted molar refractivity (Wildman–Crippen MR) is 200 cm³/mol. The molecule has 0 atom stereocenters. The van der Waals surface area contributed by atoms with Crippen LogP contribution in [0.15, 0.2) is 67.3 Å². The third kappa shape index (κ3) is 12.7. The summed E-state index contributed by atoms with van der Waals surface area (Å²) in [7, 11) is 2.26. The summed E-state index contributed by atoms with van der Waals surface area (Å²) in [5.74, 6) is 2.56. The average Bonchev–Trinajstić information content (AvgIpc) is 3.18. The summed E-state index contributed by atoms with van der Waals surface area (Å²) in [6.07, 6.45) is 15.0. The number of nitrogens with one attached hydrogen (secondary N) is 2. The van der Waals surface area contributed by atoms with Crippen LogP contribution in [0.5, 0.6) is 0 Å². The summed E-state index contributed by atoms with van der Waals surface area (Å²) >= 11 is 0. The molecule has 48 heavy (non-hydrogen) atoms. The van der Waals surface area contributed by atoms with Gasteiger partial charge in [0.1, 0.15) is 5.82 Å². The summed E-state index contributed by atoms with van der Waals surface area (Å²) in [5.41, 5.74) is 1.36. The van der Waals surface area contributed by atoms with E-state index in [1.807, 2.05) is 39.2 Å². The molecule has 1 saturated carbocycles. The molecule has 10 nitrogen and oxygen atoms in total. The Morgan fingerprint density at radius 1 is 0.667 bits per heavy atom. The fraction of sp³-hybridized carbons (Fsp3) is 0.632. The lowest BCUT2D eigenvalue weighted by atomic mass is 9.89. The van der Waals surface area contributed by atoms with Gasteiger partial charge in [-0.2, -0.15) is 0 Å². The molecule has 10 heteroatoms. The van der Waals surface area contributed by atoms with Gasteiger partial charge >= 0.3 is 0 Å². The van der Waals surface area contributed by atoms with Gasteiger partial charge in [-0.25, -0.2) is 19.9 Å². The van der Waals surface area contributed by atoms with Gasteiger partial charge in [0, 0.05) is 122 Å². The van der Waals surface area contributed by atoms with Gasteiger partial charge in [0.05, 0.1) is 0 Å². The molecule has 2 aromatic heterocycles. The molecule has 4 fully saturated rings. The highest BCUT2D eigenvalue weighted by molar-refractivity contribution is 5.46. The van der Waals surface area contributed by atoms with E-state index in [1.54, 1.807) is 18.5 Å². The van der Waals surface area contributed by atoms with Crippen molar-refractivity contribution in [1.82, 2.24) is 40.4 Å². The highest BCUT2D eigenvalue weighted by atomic mass is 15.3. The van der Waals surface area contributed by atoms with Gasteiger partial charge < -0.3 is 25.3 Å². The van der Waals surface area contributed by atoms with Gasteiger partial charge in [-0.1, -0.05) is 32.0 Å². The van der Waals surface area contributed by atoms with E-state index in [4.69, 9.17) is 0 Å². The maximum atomic E-state index is 4.34. The topological polar surface area (TPSA) is 88.6 Å². The maximum absolute atomic E-state index is 4.34. The molecule has 3 saturated heterocycles. The van der Waals surface area contributed by atoms with Gasteiger partial charge in [0.25, 0.3) is 0 Å². The predicted octanol–water partition coefficient (Wildman–Crippen LogP) is 4.75. The third-order valence-electron chi connectivity index (χ3n) is 9.92. The van der Waals surface area contributed by atoms with E-state index in [0.29, 0.717) is 0 Å². The van der Waals surface area contributed by atoms with E-state index in [1.165, 1.54) is 90.0 Å². The Hall–Kier alpha value is -3.18. The standard InChI is InChI=1S/C17H27N3.C14H23N5.C5H6N2.C2H6/c1-19(15-5-3-2-4-6-15)16-7-9-17(10-8-16)20-13-11-18-12-14-20;1-4-16-14(17-5-1)19-8-2-13(3-9-19)12-18-10-6-15-7-11-18;1-5-6-3-2-4-7-5;1-2/h2-6,16-18H,7-14H2,1H3;1,4-5,13,15H,2-3,6-12H2;2-4H,1H3;1-2H3. The maximum Gasteiger partial charge on any atom is 0.225 e. The molecule has 1 aliphatic carbocycles. The number of para-hydroxylation sites is 1. The quantitative estimate of drug-likeness (QED) is 0.387. The molecule has 4 aliphatic rings. The zero-order valence-electron chi connectivity index (χ0n) is 30.2. The van der Waals surface area contributed by atoms with Crippen molar-refractivity contribution in [3.05, 3.63) is 73.1 Å². The number of anilines is 2. The SMILES string of the molecule is CC.CN(c1ccccc1)C1CCC(N2CCNCC2)CC1.Cc1ncccn1.c1cnc(N2CCC(CN3CCNCC3)CC2)nc1. The first-order chi connectivity index (χ1) is 23.7. The monoisotopic (exact) mass is 659 g/mol. The fourth-order valence-electron chi connectivity index (χ4n) is 7.13. The van der Waals surface area contributed by atoms with Gasteiger partial charge in [-0.05, 0) is 75.6 Å². The Kier molecular flexibility index (Phi) is 17.0. The first kappa shape index (κ1) is 37.6. The van der Waals surface area contributed by atoms with Crippen molar-refractivity contribution in [2.24, 2.45) is 5.92 Å². The molecule has 3 aromatic rings. The minimum atomic E-state index is 0.719. The highest BCUT2D eigenvalue weighted by Crippen LogP contribution is 2.29. The summed E-state index contributed by atoms with van der Waals surface area (Å²) in [4.78, 5) is 26.5. The third-order valence-corrected chi connectivity index (χ3v) is 9.92. The summed E-state index contributed by atoms with van der Waals surface area (Å²) < 4.78 is 0. The average molecular weight is 659 g/mol. The zero-order valence-corrected chi connectivity index (χ0v) is 30.2. The lowest BCUT2D eigenvalue weighted by Gasteiger charge is -2.41. The van der Waals surface area contributed by atoms with Crippen LogP contribution in [0.25, 0.3) is 0 Å². The molecule has 0 amide bonds. The number of rotatable bonds is 6. The molecule has 0 bridgehead atoms. The number of aromatic nitrogens is 4. The van der Waals surface area contributed by atoms with Crippen molar-refractivity contribution in [3.63, 3.8) is 0 Å². The second-order valence-corrected chi connectivity index (χ2v) is 13.0. The molecule has 3 aliphatic heterocycles. The minimum absolute atomic E-state index is 0.719.